The zero-order valence-electron chi connectivity index (χ0n) is 12.1. The highest BCUT2D eigenvalue weighted by molar-refractivity contribution is 5.82. The Morgan fingerprint density at radius 1 is 1.20 bits per heavy atom. The van der Waals surface area contributed by atoms with Crippen LogP contribution < -0.4 is 10.6 Å². The van der Waals surface area contributed by atoms with E-state index in [2.05, 4.69) is 65.0 Å². The van der Waals surface area contributed by atoms with Crippen molar-refractivity contribution in [2.45, 2.75) is 12.6 Å². The van der Waals surface area contributed by atoms with Gasteiger partial charge in [-0.05, 0) is 29.4 Å². The molecule has 3 heteroatoms. The van der Waals surface area contributed by atoms with Crippen LogP contribution in [-0.4, -0.2) is 44.2 Å². The Bertz CT molecular complexity index is 567. The van der Waals surface area contributed by atoms with Crippen LogP contribution in [0.5, 0.6) is 0 Å². The molecule has 1 unspecified atom stereocenters. The fourth-order valence-electron chi connectivity index (χ4n) is 2.82. The topological polar surface area (TPSA) is 27.3 Å². The Morgan fingerprint density at radius 3 is 2.90 bits per heavy atom. The van der Waals surface area contributed by atoms with Gasteiger partial charge in [0, 0.05) is 38.8 Å². The maximum Gasteiger partial charge on any atom is 0.0342 e. The molecule has 3 nitrogen and oxygen atoms in total. The number of benzene rings is 2. The molecular formula is C17H23N3. The highest BCUT2D eigenvalue weighted by atomic mass is 15.2. The smallest absolute Gasteiger partial charge is 0.0342 e. The molecule has 1 fully saturated rings. The number of piperazine rings is 1. The van der Waals surface area contributed by atoms with Crippen molar-refractivity contribution in [1.29, 1.82) is 0 Å². The summed E-state index contributed by atoms with van der Waals surface area (Å²) in [5.74, 6) is 0. The minimum atomic E-state index is 0.601. The van der Waals surface area contributed by atoms with E-state index in [9.17, 15) is 0 Å². The standard InChI is InChI=1S/C17H23N3/c1-20-9-8-18-12-17(20)13-19-11-14-6-7-15-4-2-3-5-16(15)10-14/h2-7,10,17-19H,8-9,11-13H2,1H3. The molecular weight excluding hydrogens is 246 g/mol. The van der Waals surface area contributed by atoms with E-state index in [0.717, 1.165) is 32.7 Å². The van der Waals surface area contributed by atoms with Crippen LogP contribution in [0.1, 0.15) is 5.56 Å². The third-order valence-corrected chi connectivity index (χ3v) is 4.17. The van der Waals surface area contributed by atoms with E-state index in [0.29, 0.717) is 6.04 Å². The molecule has 1 saturated heterocycles. The molecule has 1 aliphatic rings. The van der Waals surface area contributed by atoms with Gasteiger partial charge in [-0.3, -0.25) is 4.90 Å². The van der Waals surface area contributed by atoms with Gasteiger partial charge in [0.15, 0.2) is 0 Å². The highest BCUT2D eigenvalue weighted by Gasteiger charge is 2.17. The van der Waals surface area contributed by atoms with Gasteiger partial charge in [-0.25, -0.2) is 0 Å². The average Bonchev–Trinajstić information content (AvgIpc) is 2.49. The maximum absolute atomic E-state index is 3.58. The van der Waals surface area contributed by atoms with Crippen LogP contribution in [0.25, 0.3) is 10.8 Å². The Kier molecular flexibility index (Phi) is 4.31. The minimum Gasteiger partial charge on any atom is -0.314 e. The van der Waals surface area contributed by atoms with Crippen LogP contribution in [0.15, 0.2) is 42.5 Å². The van der Waals surface area contributed by atoms with Gasteiger partial charge in [0.2, 0.25) is 0 Å². The van der Waals surface area contributed by atoms with E-state index in [1.807, 2.05) is 0 Å². The van der Waals surface area contributed by atoms with Gasteiger partial charge >= 0.3 is 0 Å². The molecule has 2 aromatic carbocycles. The summed E-state index contributed by atoms with van der Waals surface area (Å²) >= 11 is 0. The first-order valence-electron chi connectivity index (χ1n) is 7.42. The number of nitrogens with zero attached hydrogens (tertiary/aromatic N) is 1. The van der Waals surface area contributed by atoms with E-state index in [-0.39, 0.29) is 0 Å². The molecule has 2 N–H and O–H groups in total. The molecule has 106 valence electrons. The summed E-state index contributed by atoms with van der Waals surface area (Å²) in [4.78, 5) is 2.43. The fraction of sp³-hybridized carbons (Fsp3) is 0.412. The van der Waals surface area contributed by atoms with Crippen molar-refractivity contribution in [1.82, 2.24) is 15.5 Å². The highest BCUT2D eigenvalue weighted by Crippen LogP contribution is 2.15. The van der Waals surface area contributed by atoms with E-state index in [1.54, 1.807) is 0 Å². The van der Waals surface area contributed by atoms with Crippen molar-refractivity contribution in [3.05, 3.63) is 48.0 Å². The predicted octanol–water partition coefficient (Wildman–Crippen LogP) is 1.83. The lowest BCUT2D eigenvalue weighted by Crippen LogP contribution is -2.53. The molecule has 0 bridgehead atoms. The first-order chi connectivity index (χ1) is 9.83. The molecule has 0 saturated carbocycles. The average molecular weight is 269 g/mol. The lowest BCUT2D eigenvalue weighted by Gasteiger charge is -2.33. The second-order valence-corrected chi connectivity index (χ2v) is 5.65. The van der Waals surface area contributed by atoms with Gasteiger partial charge in [0.25, 0.3) is 0 Å². The zero-order valence-corrected chi connectivity index (χ0v) is 12.1. The van der Waals surface area contributed by atoms with Crippen molar-refractivity contribution in [2.75, 3.05) is 33.2 Å². The van der Waals surface area contributed by atoms with Crippen molar-refractivity contribution in [2.24, 2.45) is 0 Å². The van der Waals surface area contributed by atoms with Crippen LogP contribution in [-0.2, 0) is 6.54 Å². The summed E-state index contributed by atoms with van der Waals surface area (Å²) in [6.07, 6.45) is 0. The zero-order chi connectivity index (χ0) is 13.8. The molecule has 1 atom stereocenters. The van der Waals surface area contributed by atoms with Gasteiger partial charge in [-0.15, -0.1) is 0 Å². The first kappa shape index (κ1) is 13.6. The molecule has 1 heterocycles. The Balaban J connectivity index is 1.56. The van der Waals surface area contributed by atoms with Crippen LogP contribution in [0, 0.1) is 0 Å². The predicted molar refractivity (Wildman–Crippen MR) is 84.9 cm³/mol. The second-order valence-electron chi connectivity index (χ2n) is 5.65. The van der Waals surface area contributed by atoms with Gasteiger partial charge in [0.05, 0.1) is 0 Å². The number of nitrogens with one attached hydrogen (secondary N) is 2. The van der Waals surface area contributed by atoms with Crippen LogP contribution in [0.3, 0.4) is 0 Å². The van der Waals surface area contributed by atoms with Crippen LogP contribution in [0.4, 0.5) is 0 Å². The molecule has 2 aromatic rings. The SMILES string of the molecule is CN1CCNCC1CNCc1ccc2ccccc2c1. The van der Waals surface area contributed by atoms with Gasteiger partial charge in [-0.1, -0.05) is 36.4 Å². The van der Waals surface area contributed by atoms with E-state index >= 15 is 0 Å². The summed E-state index contributed by atoms with van der Waals surface area (Å²) in [7, 11) is 2.21. The number of hydrogen-bond acceptors (Lipinski definition) is 3. The monoisotopic (exact) mass is 269 g/mol. The fourth-order valence-corrected chi connectivity index (χ4v) is 2.82. The quantitative estimate of drug-likeness (QED) is 0.887. The maximum atomic E-state index is 3.58. The minimum absolute atomic E-state index is 0.601. The molecule has 0 aliphatic carbocycles. The second kappa shape index (κ2) is 6.35. The van der Waals surface area contributed by atoms with Crippen molar-refractivity contribution >= 4 is 10.8 Å². The Labute approximate surface area is 121 Å². The van der Waals surface area contributed by atoms with E-state index < -0.39 is 0 Å². The molecule has 0 spiro atoms. The summed E-state index contributed by atoms with van der Waals surface area (Å²) in [6, 6.07) is 15.8. The Hall–Kier alpha value is -1.42. The largest absolute Gasteiger partial charge is 0.314 e. The van der Waals surface area contributed by atoms with Crippen LogP contribution in [0.2, 0.25) is 0 Å². The summed E-state index contributed by atoms with van der Waals surface area (Å²) in [5, 5.41) is 9.68. The number of fused-ring (bicyclic) bond motifs is 1. The first-order valence-corrected chi connectivity index (χ1v) is 7.42. The number of likely N-dealkylation sites (N-methyl/N-ethyl adjacent to an activating group) is 1. The molecule has 0 aromatic heterocycles. The number of hydrogen-bond donors (Lipinski definition) is 2. The van der Waals surface area contributed by atoms with Gasteiger partial charge in [-0.2, -0.15) is 0 Å². The molecule has 0 amide bonds. The van der Waals surface area contributed by atoms with Crippen molar-refractivity contribution < 1.29 is 0 Å². The van der Waals surface area contributed by atoms with Crippen LogP contribution >= 0.6 is 0 Å². The van der Waals surface area contributed by atoms with Crippen molar-refractivity contribution in [3.8, 4) is 0 Å². The van der Waals surface area contributed by atoms with E-state index in [4.69, 9.17) is 0 Å². The van der Waals surface area contributed by atoms with E-state index in [1.165, 1.54) is 16.3 Å². The summed E-state index contributed by atoms with van der Waals surface area (Å²) in [6.45, 7) is 5.31. The third kappa shape index (κ3) is 3.18. The van der Waals surface area contributed by atoms with Crippen molar-refractivity contribution in [3.63, 3.8) is 0 Å². The molecule has 20 heavy (non-hydrogen) atoms. The summed E-state index contributed by atoms with van der Waals surface area (Å²) < 4.78 is 0. The lowest BCUT2D eigenvalue weighted by atomic mass is 10.1. The molecule has 3 rings (SSSR count). The normalized spacial score (nSPS) is 20.4. The lowest BCUT2D eigenvalue weighted by molar-refractivity contribution is 0.195. The Morgan fingerprint density at radius 2 is 2.05 bits per heavy atom. The van der Waals surface area contributed by atoms with Gasteiger partial charge < -0.3 is 10.6 Å². The third-order valence-electron chi connectivity index (χ3n) is 4.17. The molecule has 0 radical (unpaired) electrons. The number of rotatable bonds is 4. The summed E-state index contributed by atoms with van der Waals surface area (Å²) in [5.41, 5.74) is 1.36. The van der Waals surface area contributed by atoms with Gasteiger partial charge in [0.1, 0.15) is 0 Å². The molecule has 1 aliphatic heterocycles.